The lowest BCUT2D eigenvalue weighted by molar-refractivity contribution is 0.101. The second kappa shape index (κ2) is 4.69. The summed E-state index contributed by atoms with van der Waals surface area (Å²) in [5.41, 5.74) is 1.97. The van der Waals surface area contributed by atoms with Crippen molar-refractivity contribution in [2.75, 3.05) is 0 Å². The molecule has 0 amide bonds. The Hall–Kier alpha value is -1.42. The van der Waals surface area contributed by atoms with Crippen LogP contribution >= 0.6 is 11.3 Å². The highest BCUT2D eigenvalue weighted by molar-refractivity contribution is 7.09. The van der Waals surface area contributed by atoms with Gasteiger partial charge in [-0.1, -0.05) is 20.8 Å². The lowest BCUT2D eigenvalue weighted by Gasteiger charge is -2.14. The molecule has 96 valence electrons. The van der Waals surface area contributed by atoms with E-state index in [1.165, 1.54) is 0 Å². The number of ketones is 1. The molecule has 0 saturated carbocycles. The van der Waals surface area contributed by atoms with E-state index in [1.54, 1.807) is 18.3 Å². The lowest BCUT2D eigenvalue weighted by Crippen LogP contribution is -2.11. The van der Waals surface area contributed by atoms with Gasteiger partial charge in [0.25, 0.3) is 0 Å². The fourth-order valence-electron chi connectivity index (χ4n) is 1.63. The fourth-order valence-corrected chi connectivity index (χ4v) is 2.66. The molecular weight excluding hydrogens is 244 g/mol. The van der Waals surface area contributed by atoms with Crippen LogP contribution < -0.4 is 0 Å². The maximum absolute atomic E-state index is 11.2. The second-order valence-corrected chi connectivity index (χ2v) is 6.45. The van der Waals surface area contributed by atoms with Crippen molar-refractivity contribution in [1.29, 1.82) is 0 Å². The zero-order valence-electron chi connectivity index (χ0n) is 11.2. The van der Waals surface area contributed by atoms with Crippen molar-refractivity contribution >= 4 is 17.1 Å². The summed E-state index contributed by atoms with van der Waals surface area (Å²) in [6, 6.07) is 1.85. The lowest BCUT2D eigenvalue weighted by atomic mass is 9.93. The predicted molar refractivity (Wildman–Crippen MR) is 74.4 cm³/mol. The molecule has 2 aromatic heterocycles. The summed E-state index contributed by atoms with van der Waals surface area (Å²) in [5.74, 6) is 0.100. The van der Waals surface area contributed by atoms with Crippen LogP contribution in [-0.2, 0) is 12.0 Å². The predicted octanol–water partition coefficient (Wildman–Crippen LogP) is 3.49. The molecule has 0 fully saturated rings. The van der Waals surface area contributed by atoms with E-state index in [0.717, 1.165) is 22.8 Å². The Kier molecular flexibility index (Phi) is 3.39. The van der Waals surface area contributed by atoms with Gasteiger partial charge in [-0.2, -0.15) is 0 Å². The average molecular weight is 262 g/mol. The number of carbonyl (C=O) groups excluding carboxylic acids is 1. The van der Waals surface area contributed by atoms with Gasteiger partial charge in [-0.25, -0.2) is 4.98 Å². The van der Waals surface area contributed by atoms with Crippen LogP contribution in [0.2, 0.25) is 0 Å². The number of Topliss-reactive ketones (excluding diaryl/α,β-unsaturated/α-hetero) is 1. The Morgan fingerprint density at radius 2 is 2.17 bits per heavy atom. The minimum atomic E-state index is 0.0932. The van der Waals surface area contributed by atoms with E-state index in [2.05, 4.69) is 31.1 Å². The van der Waals surface area contributed by atoms with Crippen molar-refractivity contribution in [2.45, 2.75) is 39.7 Å². The van der Waals surface area contributed by atoms with Crippen LogP contribution in [0.4, 0.5) is 0 Å². The topological polar surface area (TPSA) is 34.9 Å². The number of thiazole rings is 1. The first-order valence-corrected chi connectivity index (χ1v) is 6.86. The van der Waals surface area contributed by atoms with Crippen LogP contribution in [-0.4, -0.2) is 15.3 Å². The summed E-state index contributed by atoms with van der Waals surface area (Å²) in [6.07, 6.45) is 3.80. The molecule has 18 heavy (non-hydrogen) atoms. The van der Waals surface area contributed by atoms with E-state index >= 15 is 0 Å². The Balaban J connectivity index is 2.14. The Bertz CT molecular complexity index is 560. The van der Waals surface area contributed by atoms with Crippen LogP contribution in [0.5, 0.6) is 0 Å². The first-order valence-electron chi connectivity index (χ1n) is 5.98. The van der Waals surface area contributed by atoms with Crippen LogP contribution in [0.25, 0.3) is 0 Å². The summed E-state index contributed by atoms with van der Waals surface area (Å²) >= 11 is 1.67. The minimum absolute atomic E-state index is 0.0932. The first-order chi connectivity index (χ1) is 8.36. The summed E-state index contributed by atoms with van der Waals surface area (Å²) in [6.45, 7) is 8.80. The number of rotatable bonds is 3. The van der Waals surface area contributed by atoms with E-state index in [-0.39, 0.29) is 11.2 Å². The van der Waals surface area contributed by atoms with Gasteiger partial charge in [-0.15, -0.1) is 11.3 Å². The molecule has 2 aromatic rings. The van der Waals surface area contributed by atoms with Gasteiger partial charge in [0.2, 0.25) is 0 Å². The maximum atomic E-state index is 11.2. The van der Waals surface area contributed by atoms with Crippen molar-refractivity contribution in [1.82, 2.24) is 9.55 Å². The van der Waals surface area contributed by atoms with Crippen molar-refractivity contribution in [3.05, 3.63) is 40.1 Å². The van der Waals surface area contributed by atoms with Gasteiger partial charge < -0.3 is 4.57 Å². The highest BCUT2D eigenvalue weighted by Crippen LogP contribution is 2.24. The molecule has 0 spiro atoms. The molecule has 0 radical (unpaired) electrons. The summed E-state index contributed by atoms with van der Waals surface area (Å²) < 4.78 is 2.00. The van der Waals surface area contributed by atoms with Crippen LogP contribution in [0.1, 0.15) is 48.8 Å². The highest BCUT2D eigenvalue weighted by atomic mass is 32.1. The number of aromatic nitrogens is 2. The number of hydrogen-bond acceptors (Lipinski definition) is 3. The van der Waals surface area contributed by atoms with Crippen LogP contribution in [0.3, 0.4) is 0 Å². The third-order valence-electron chi connectivity index (χ3n) is 2.80. The van der Waals surface area contributed by atoms with E-state index in [0.29, 0.717) is 0 Å². The molecule has 0 aromatic carbocycles. The maximum Gasteiger partial charge on any atom is 0.161 e. The van der Waals surface area contributed by atoms with Gasteiger partial charge in [0.15, 0.2) is 5.78 Å². The molecule has 0 aliphatic carbocycles. The molecule has 0 bridgehead atoms. The normalized spacial score (nSPS) is 11.8. The van der Waals surface area contributed by atoms with Crippen molar-refractivity contribution in [3.63, 3.8) is 0 Å². The number of hydrogen-bond donors (Lipinski definition) is 0. The Labute approximate surface area is 111 Å². The smallest absolute Gasteiger partial charge is 0.161 e. The minimum Gasteiger partial charge on any atom is -0.347 e. The van der Waals surface area contributed by atoms with Crippen molar-refractivity contribution in [2.24, 2.45) is 0 Å². The zero-order chi connectivity index (χ0) is 13.3. The molecular formula is C14H18N2OS. The SMILES string of the molecule is CC(=O)c1ccn(Cc2nc(C(C)(C)C)cs2)c1. The molecule has 0 atom stereocenters. The van der Waals surface area contributed by atoms with Crippen molar-refractivity contribution < 1.29 is 4.79 Å². The Morgan fingerprint density at radius 3 is 2.67 bits per heavy atom. The molecule has 2 rings (SSSR count). The van der Waals surface area contributed by atoms with Gasteiger partial charge in [0.05, 0.1) is 12.2 Å². The van der Waals surface area contributed by atoms with Gasteiger partial charge in [-0.05, 0) is 13.0 Å². The summed E-state index contributed by atoms with van der Waals surface area (Å²) in [4.78, 5) is 15.9. The molecule has 4 heteroatoms. The van der Waals surface area contributed by atoms with Crippen molar-refractivity contribution in [3.8, 4) is 0 Å². The van der Waals surface area contributed by atoms with Crippen LogP contribution in [0.15, 0.2) is 23.8 Å². The average Bonchev–Trinajstić information content (AvgIpc) is 2.85. The Morgan fingerprint density at radius 1 is 1.44 bits per heavy atom. The molecule has 0 aliphatic heterocycles. The molecule has 0 N–H and O–H groups in total. The second-order valence-electron chi connectivity index (χ2n) is 5.51. The molecule has 3 nitrogen and oxygen atoms in total. The molecule has 0 unspecified atom stereocenters. The fraction of sp³-hybridized carbons (Fsp3) is 0.429. The molecule has 0 saturated heterocycles. The van der Waals surface area contributed by atoms with Gasteiger partial charge >= 0.3 is 0 Å². The third kappa shape index (κ3) is 2.88. The van der Waals surface area contributed by atoms with E-state index in [9.17, 15) is 4.79 Å². The molecule has 2 heterocycles. The monoisotopic (exact) mass is 262 g/mol. The number of carbonyl (C=O) groups is 1. The molecule has 0 aliphatic rings. The number of nitrogens with zero attached hydrogens (tertiary/aromatic N) is 2. The van der Waals surface area contributed by atoms with E-state index in [1.807, 2.05) is 23.0 Å². The summed E-state index contributed by atoms with van der Waals surface area (Å²) in [7, 11) is 0. The van der Waals surface area contributed by atoms with E-state index < -0.39 is 0 Å². The van der Waals surface area contributed by atoms with Gasteiger partial charge in [-0.3, -0.25) is 4.79 Å². The third-order valence-corrected chi connectivity index (χ3v) is 3.63. The van der Waals surface area contributed by atoms with E-state index in [4.69, 9.17) is 0 Å². The standard InChI is InChI=1S/C14H18N2OS/c1-10(17)11-5-6-16(7-11)8-13-15-12(9-18-13)14(2,3)4/h5-7,9H,8H2,1-4H3. The van der Waals surface area contributed by atoms with Gasteiger partial charge in [0.1, 0.15) is 5.01 Å². The summed E-state index contributed by atoms with van der Waals surface area (Å²) in [5, 5.41) is 3.19. The zero-order valence-corrected chi connectivity index (χ0v) is 12.0. The largest absolute Gasteiger partial charge is 0.347 e. The van der Waals surface area contributed by atoms with Crippen LogP contribution in [0, 0.1) is 0 Å². The highest BCUT2D eigenvalue weighted by Gasteiger charge is 2.17. The first kappa shape index (κ1) is 13.0. The van der Waals surface area contributed by atoms with Gasteiger partial charge in [0, 0.05) is 28.8 Å². The quantitative estimate of drug-likeness (QED) is 0.794.